The van der Waals surface area contributed by atoms with E-state index < -0.39 is 0 Å². The lowest BCUT2D eigenvalue weighted by atomic mass is 9.79. The molecule has 3 nitrogen and oxygen atoms in total. The fraction of sp³-hybridized carbons (Fsp3) is 0.615. The van der Waals surface area contributed by atoms with E-state index in [1.165, 1.54) is 0 Å². The average molecular weight is 221 g/mol. The SMILES string of the molecule is CNC(C)CC(C)(C)c1cc(C)cnc1N. The molecule has 3 heteroatoms. The maximum atomic E-state index is 5.96. The van der Waals surface area contributed by atoms with Crippen molar-refractivity contribution < 1.29 is 0 Å². The molecule has 0 aliphatic rings. The van der Waals surface area contributed by atoms with Crippen LogP contribution in [0, 0.1) is 6.92 Å². The van der Waals surface area contributed by atoms with E-state index in [0.29, 0.717) is 11.9 Å². The Morgan fingerprint density at radius 3 is 2.69 bits per heavy atom. The van der Waals surface area contributed by atoms with Gasteiger partial charge in [0.25, 0.3) is 0 Å². The van der Waals surface area contributed by atoms with E-state index >= 15 is 0 Å². The molecule has 90 valence electrons. The zero-order chi connectivity index (χ0) is 12.3. The minimum absolute atomic E-state index is 0.0472. The van der Waals surface area contributed by atoms with Gasteiger partial charge in [-0.15, -0.1) is 0 Å². The quantitative estimate of drug-likeness (QED) is 0.820. The van der Waals surface area contributed by atoms with Gasteiger partial charge in [0, 0.05) is 17.8 Å². The molecule has 1 atom stereocenters. The minimum Gasteiger partial charge on any atom is -0.383 e. The summed E-state index contributed by atoms with van der Waals surface area (Å²) in [4.78, 5) is 4.24. The zero-order valence-corrected chi connectivity index (χ0v) is 11.0. The van der Waals surface area contributed by atoms with Crippen molar-refractivity contribution in [2.75, 3.05) is 12.8 Å². The molecule has 0 amide bonds. The molecule has 0 saturated carbocycles. The molecule has 0 saturated heterocycles. The smallest absolute Gasteiger partial charge is 0.127 e. The Balaban J connectivity index is 3.01. The van der Waals surface area contributed by atoms with Gasteiger partial charge in [-0.3, -0.25) is 0 Å². The van der Waals surface area contributed by atoms with Crippen LogP contribution >= 0.6 is 0 Å². The fourth-order valence-corrected chi connectivity index (χ4v) is 2.10. The van der Waals surface area contributed by atoms with E-state index in [4.69, 9.17) is 5.73 Å². The second-order valence-electron chi connectivity index (χ2n) is 5.22. The molecule has 1 unspecified atom stereocenters. The molecule has 0 aromatic carbocycles. The summed E-state index contributed by atoms with van der Waals surface area (Å²) >= 11 is 0. The van der Waals surface area contributed by atoms with Crippen LogP contribution in [0.2, 0.25) is 0 Å². The van der Waals surface area contributed by atoms with Crippen LogP contribution in [-0.4, -0.2) is 18.1 Å². The van der Waals surface area contributed by atoms with E-state index in [2.05, 4.69) is 37.1 Å². The number of nitrogens with two attached hydrogens (primary N) is 1. The van der Waals surface area contributed by atoms with Crippen molar-refractivity contribution in [1.82, 2.24) is 10.3 Å². The number of aromatic nitrogens is 1. The third-order valence-electron chi connectivity index (χ3n) is 3.09. The molecule has 0 aliphatic heterocycles. The molecule has 1 aromatic heterocycles. The van der Waals surface area contributed by atoms with Gasteiger partial charge >= 0.3 is 0 Å². The van der Waals surface area contributed by atoms with Crippen molar-refractivity contribution in [2.45, 2.75) is 45.6 Å². The first-order valence-electron chi connectivity index (χ1n) is 5.76. The summed E-state index contributed by atoms with van der Waals surface area (Å²) in [5, 5.41) is 3.26. The summed E-state index contributed by atoms with van der Waals surface area (Å²) in [6.45, 7) is 8.66. The Bertz CT molecular complexity index is 358. The van der Waals surface area contributed by atoms with E-state index in [-0.39, 0.29) is 5.41 Å². The number of hydrogen-bond acceptors (Lipinski definition) is 3. The van der Waals surface area contributed by atoms with Crippen LogP contribution in [0.1, 0.15) is 38.3 Å². The average Bonchev–Trinajstić information content (AvgIpc) is 2.20. The predicted octanol–water partition coefficient (Wildman–Crippen LogP) is 2.25. The van der Waals surface area contributed by atoms with Crippen molar-refractivity contribution in [3.05, 3.63) is 23.4 Å². The monoisotopic (exact) mass is 221 g/mol. The highest BCUT2D eigenvalue weighted by molar-refractivity contribution is 5.45. The lowest BCUT2D eigenvalue weighted by Crippen LogP contribution is -2.31. The first kappa shape index (κ1) is 13.0. The summed E-state index contributed by atoms with van der Waals surface area (Å²) in [6, 6.07) is 2.61. The number of nitrogens with zero attached hydrogens (tertiary/aromatic N) is 1. The van der Waals surface area contributed by atoms with Crippen LogP contribution in [-0.2, 0) is 5.41 Å². The van der Waals surface area contributed by atoms with E-state index in [1.807, 2.05) is 20.2 Å². The first-order valence-corrected chi connectivity index (χ1v) is 5.76. The van der Waals surface area contributed by atoms with Crippen molar-refractivity contribution in [2.24, 2.45) is 0 Å². The highest BCUT2D eigenvalue weighted by atomic mass is 14.9. The van der Waals surface area contributed by atoms with Gasteiger partial charge < -0.3 is 11.1 Å². The molecule has 0 fully saturated rings. The van der Waals surface area contributed by atoms with E-state index in [1.54, 1.807) is 0 Å². The van der Waals surface area contributed by atoms with Crippen LogP contribution in [0.5, 0.6) is 0 Å². The van der Waals surface area contributed by atoms with Gasteiger partial charge in [0.05, 0.1) is 0 Å². The van der Waals surface area contributed by atoms with Crippen molar-refractivity contribution in [1.29, 1.82) is 0 Å². The van der Waals surface area contributed by atoms with Gasteiger partial charge in [0.15, 0.2) is 0 Å². The summed E-state index contributed by atoms with van der Waals surface area (Å²) in [5.74, 6) is 0.652. The second-order valence-corrected chi connectivity index (χ2v) is 5.22. The topological polar surface area (TPSA) is 50.9 Å². The standard InChI is InChI=1S/C13H23N3/c1-9-6-11(12(14)16-8-9)13(3,4)7-10(2)15-5/h6,8,10,15H,7H2,1-5H3,(H2,14,16). The number of pyridine rings is 1. The highest BCUT2D eigenvalue weighted by Crippen LogP contribution is 2.31. The van der Waals surface area contributed by atoms with Crippen molar-refractivity contribution in [3.63, 3.8) is 0 Å². The molecular formula is C13H23N3. The second kappa shape index (κ2) is 4.83. The lowest BCUT2D eigenvalue weighted by Gasteiger charge is -2.29. The third-order valence-corrected chi connectivity index (χ3v) is 3.09. The molecule has 1 heterocycles. The molecule has 1 rings (SSSR count). The Hall–Kier alpha value is -1.09. The van der Waals surface area contributed by atoms with Crippen LogP contribution in [0.25, 0.3) is 0 Å². The number of anilines is 1. The number of hydrogen-bond donors (Lipinski definition) is 2. The van der Waals surface area contributed by atoms with Crippen LogP contribution < -0.4 is 11.1 Å². The van der Waals surface area contributed by atoms with Gasteiger partial charge in [-0.05, 0) is 38.3 Å². The van der Waals surface area contributed by atoms with E-state index in [9.17, 15) is 0 Å². The Morgan fingerprint density at radius 2 is 2.12 bits per heavy atom. The molecule has 3 N–H and O–H groups in total. The fourth-order valence-electron chi connectivity index (χ4n) is 2.10. The number of nitrogens with one attached hydrogen (secondary N) is 1. The maximum Gasteiger partial charge on any atom is 0.127 e. The molecule has 0 bridgehead atoms. The molecule has 0 aliphatic carbocycles. The van der Waals surface area contributed by atoms with Crippen LogP contribution in [0.4, 0.5) is 5.82 Å². The Kier molecular flexibility index (Phi) is 3.92. The van der Waals surface area contributed by atoms with E-state index in [0.717, 1.165) is 17.5 Å². The summed E-state index contributed by atoms with van der Waals surface area (Å²) in [5.41, 5.74) is 8.32. The summed E-state index contributed by atoms with van der Waals surface area (Å²) in [6.07, 6.45) is 2.86. The van der Waals surface area contributed by atoms with Crippen LogP contribution in [0.3, 0.4) is 0 Å². The maximum absolute atomic E-state index is 5.96. The molecular weight excluding hydrogens is 198 g/mol. The summed E-state index contributed by atoms with van der Waals surface area (Å²) in [7, 11) is 1.98. The zero-order valence-electron chi connectivity index (χ0n) is 11.0. The van der Waals surface area contributed by atoms with Gasteiger partial charge in [-0.25, -0.2) is 4.98 Å². The van der Waals surface area contributed by atoms with Gasteiger partial charge in [-0.2, -0.15) is 0 Å². The molecule has 16 heavy (non-hydrogen) atoms. The van der Waals surface area contributed by atoms with Crippen molar-refractivity contribution in [3.8, 4) is 0 Å². The largest absolute Gasteiger partial charge is 0.383 e. The lowest BCUT2D eigenvalue weighted by molar-refractivity contribution is 0.405. The normalized spacial score (nSPS) is 13.8. The van der Waals surface area contributed by atoms with Gasteiger partial charge in [-0.1, -0.05) is 19.9 Å². The van der Waals surface area contributed by atoms with Crippen LogP contribution in [0.15, 0.2) is 12.3 Å². The Labute approximate surface area is 98.5 Å². The molecule has 0 spiro atoms. The third kappa shape index (κ3) is 2.95. The van der Waals surface area contributed by atoms with Gasteiger partial charge in [0.1, 0.15) is 5.82 Å². The van der Waals surface area contributed by atoms with Crippen molar-refractivity contribution >= 4 is 5.82 Å². The molecule has 0 radical (unpaired) electrons. The van der Waals surface area contributed by atoms with Gasteiger partial charge in [0.2, 0.25) is 0 Å². The number of aryl methyl sites for hydroxylation is 1. The minimum atomic E-state index is 0.0472. The number of rotatable bonds is 4. The number of nitrogen functional groups attached to an aromatic ring is 1. The molecule has 1 aromatic rings. The highest BCUT2D eigenvalue weighted by Gasteiger charge is 2.25. The predicted molar refractivity (Wildman–Crippen MR) is 69.6 cm³/mol. The Morgan fingerprint density at radius 1 is 1.50 bits per heavy atom. The first-order chi connectivity index (χ1) is 7.36. The summed E-state index contributed by atoms with van der Waals surface area (Å²) < 4.78 is 0.